The Kier molecular flexibility index (Phi) is 8.80. The molecule has 40 heavy (non-hydrogen) atoms. The minimum Gasteiger partial charge on any atom is -0.442 e. The minimum absolute atomic E-state index is 0.0461. The van der Waals surface area contributed by atoms with Crippen LogP contribution in [0.4, 0.5) is 35.0 Å². The van der Waals surface area contributed by atoms with Crippen LogP contribution in [0.1, 0.15) is 6.92 Å². The first-order chi connectivity index (χ1) is 19.0. The lowest BCUT2D eigenvalue weighted by atomic mass is 10.2. The third-order valence-electron chi connectivity index (χ3n) is 6.05. The van der Waals surface area contributed by atoms with Crippen LogP contribution < -0.4 is 20.4 Å². The molecule has 16 heteroatoms. The maximum Gasteiger partial charge on any atom is 0.414 e. The molecule has 3 amide bonds. The second-order valence-corrected chi connectivity index (χ2v) is 10.7. The van der Waals surface area contributed by atoms with E-state index in [1.165, 1.54) is 43.3 Å². The van der Waals surface area contributed by atoms with Crippen LogP contribution in [0.5, 0.6) is 0 Å². The van der Waals surface area contributed by atoms with Crippen LogP contribution in [0.15, 0.2) is 47.4 Å². The number of hydrogen-bond donors (Lipinski definition) is 2. The first-order valence-corrected chi connectivity index (χ1v) is 13.5. The van der Waals surface area contributed by atoms with Gasteiger partial charge in [0.25, 0.3) is 15.9 Å². The number of carbonyl (C=O) groups excluding carboxylic acids is 3. The number of nitrogens with one attached hydrogen (secondary N) is 2. The molecular weight excluding hydrogens is 559 g/mol. The zero-order valence-corrected chi connectivity index (χ0v) is 22.0. The van der Waals surface area contributed by atoms with E-state index in [0.29, 0.717) is 5.69 Å². The summed E-state index contributed by atoms with van der Waals surface area (Å²) >= 11 is 0. The van der Waals surface area contributed by atoms with Crippen LogP contribution in [0.2, 0.25) is 0 Å². The second-order valence-electron chi connectivity index (χ2n) is 8.86. The van der Waals surface area contributed by atoms with Crippen molar-refractivity contribution in [1.82, 2.24) is 9.79 Å². The summed E-state index contributed by atoms with van der Waals surface area (Å²) in [6, 6.07) is 9.58. The van der Waals surface area contributed by atoms with E-state index in [1.54, 1.807) is 4.90 Å². The summed E-state index contributed by atoms with van der Waals surface area (Å²) < 4.78 is 71.9. The van der Waals surface area contributed by atoms with Gasteiger partial charge >= 0.3 is 12.5 Å². The normalized spacial score (nSPS) is 18.4. The zero-order chi connectivity index (χ0) is 29.0. The molecule has 0 saturated carbocycles. The molecule has 2 aromatic rings. The quantitative estimate of drug-likeness (QED) is 0.480. The number of rotatable bonds is 8. The fraction of sp³-hybridized carbons (Fsp3) is 0.375. The molecule has 1 atom stereocenters. The van der Waals surface area contributed by atoms with Crippen molar-refractivity contribution in [3.8, 4) is 0 Å². The number of cyclic esters (lactones) is 1. The van der Waals surface area contributed by atoms with Gasteiger partial charge in [0.05, 0.1) is 42.5 Å². The average Bonchev–Trinajstić information content (AvgIpc) is 3.10. The number of carbonyl (C=O) groups is 3. The molecule has 0 radical (unpaired) electrons. The van der Waals surface area contributed by atoms with E-state index >= 15 is 4.39 Å². The summed E-state index contributed by atoms with van der Waals surface area (Å²) in [6.45, 7) is 1.02. The number of anilines is 3. The number of hydrogen-bond acceptors (Lipinski definition) is 8. The lowest BCUT2D eigenvalue weighted by molar-refractivity contribution is -0.132. The summed E-state index contributed by atoms with van der Waals surface area (Å²) in [5.74, 6) is -2.48. The van der Waals surface area contributed by atoms with Crippen molar-refractivity contribution in [2.24, 2.45) is 0 Å². The van der Waals surface area contributed by atoms with E-state index in [0.717, 1.165) is 15.4 Å². The van der Waals surface area contributed by atoms with Gasteiger partial charge in [0.1, 0.15) is 11.9 Å². The summed E-state index contributed by atoms with van der Waals surface area (Å²) in [6.07, 6.45) is -4.91. The first kappa shape index (κ1) is 29.1. The smallest absolute Gasteiger partial charge is 0.414 e. The zero-order valence-electron chi connectivity index (χ0n) is 21.2. The highest BCUT2D eigenvalue weighted by atomic mass is 32.2. The number of halogens is 3. The number of hydroxylamine groups is 1. The molecule has 0 spiro atoms. The van der Waals surface area contributed by atoms with Crippen molar-refractivity contribution in [2.75, 3.05) is 54.4 Å². The Hall–Kier alpha value is -3.89. The summed E-state index contributed by atoms with van der Waals surface area (Å²) in [5.41, 5.74) is 0.746. The van der Waals surface area contributed by atoms with Crippen LogP contribution in [0, 0.1) is 5.82 Å². The van der Waals surface area contributed by atoms with Gasteiger partial charge in [-0.15, -0.1) is 0 Å². The third kappa shape index (κ3) is 6.63. The van der Waals surface area contributed by atoms with Gasteiger partial charge < -0.3 is 20.3 Å². The van der Waals surface area contributed by atoms with Gasteiger partial charge in [-0.05, 0) is 42.5 Å². The molecule has 2 aromatic carbocycles. The van der Waals surface area contributed by atoms with Gasteiger partial charge in [-0.25, -0.2) is 17.6 Å². The number of nitrogens with zero attached hydrogens (tertiary/aromatic N) is 3. The number of benzene rings is 2. The Morgan fingerprint density at radius 2 is 1.82 bits per heavy atom. The predicted molar refractivity (Wildman–Crippen MR) is 136 cm³/mol. The molecule has 0 aromatic heterocycles. The highest BCUT2D eigenvalue weighted by molar-refractivity contribution is 7.89. The van der Waals surface area contributed by atoms with Gasteiger partial charge in [0, 0.05) is 25.7 Å². The monoisotopic (exact) mass is 585 g/mol. The van der Waals surface area contributed by atoms with Crippen LogP contribution in [0.3, 0.4) is 0 Å². The third-order valence-corrected chi connectivity index (χ3v) is 7.74. The molecule has 2 aliphatic rings. The molecule has 0 aliphatic carbocycles. The van der Waals surface area contributed by atoms with E-state index in [2.05, 4.69) is 5.32 Å². The van der Waals surface area contributed by atoms with E-state index in [4.69, 9.17) is 9.57 Å². The maximum atomic E-state index is 15.1. The largest absolute Gasteiger partial charge is 0.442 e. The molecule has 216 valence electrons. The van der Waals surface area contributed by atoms with Gasteiger partial charge in [-0.2, -0.15) is 8.78 Å². The highest BCUT2D eigenvalue weighted by Gasteiger charge is 2.34. The SMILES string of the molecule is CC(=O)Nc1ccc(S(=O)(=O)N2CCN(c3ccc(N4C[C@H](CNC(=O)C(F)F)OC4=O)cc3F)CCO2)cc1. The van der Waals surface area contributed by atoms with Crippen LogP contribution >= 0.6 is 0 Å². The average molecular weight is 586 g/mol. The summed E-state index contributed by atoms with van der Waals surface area (Å²) in [7, 11) is -4.04. The number of amides is 3. The topological polar surface area (TPSA) is 138 Å². The van der Waals surface area contributed by atoms with Gasteiger partial charge in [-0.1, -0.05) is 4.47 Å². The van der Waals surface area contributed by atoms with Gasteiger partial charge in [0.15, 0.2) is 0 Å². The Morgan fingerprint density at radius 1 is 1.10 bits per heavy atom. The fourth-order valence-electron chi connectivity index (χ4n) is 4.14. The first-order valence-electron chi connectivity index (χ1n) is 12.1. The van der Waals surface area contributed by atoms with Gasteiger partial charge in [0.2, 0.25) is 5.91 Å². The second kappa shape index (κ2) is 12.1. The number of ether oxygens (including phenoxy) is 1. The molecule has 2 heterocycles. The van der Waals surface area contributed by atoms with E-state index in [1.807, 2.05) is 5.32 Å². The molecular formula is C24H26F3N5O7S. The molecule has 2 N–H and O–H groups in total. The number of alkyl halides is 2. The van der Waals surface area contributed by atoms with Crippen molar-refractivity contribution in [1.29, 1.82) is 0 Å². The highest BCUT2D eigenvalue weighted by Crippen LogP contribution is 2.29. The van der Waals surface area contributed by atoms with Crippen molar-refractivity contribution in [2.45, 2.75) is 24.3 Å². The lowest BCUT2D eigenvalue weighted by Crippen LogP contribution is -2.37. The fourth-order valence-corrected chi connectivity index (χ4v) is 5.39. The van der Waals surface area contributed by atoms with E-state index in [-0.39, 0.29) is 61.5 Å². The lowest BCUT2D eigenvalue weighted by Gasteiger charge is -2.24. The summed E-state index contributed by atoms with van der Waals surface area (Å²) in [5, 5.41) is 4.52. The molecule has 4 rings (SSSR count). The summed E-state index contributed by atoms with van der Waals surface area (Å²) in [4.78, 5) is 42.6. The Labute approximate surface area is 227 Å². The van der Waals surface area contributed by atoms with Crippen LogP contribution in [0.25, 0.3) is 0 Å². The van der Waals surface area contributed by atoms with Crippen molar-refractivity contribution in [3.63, 3.8) is 0 Å². The Morgan fingerprint density at radius 3 is 2.48 bits per heavy atom. The molecule has 2 saturated heterocycles. The van der Waals surface area contributed by atoms with Crippen LogP contribution in [-0.2, 0) is 29.2 Å². The standard InChI is InChI=1S/C24H26F3N5O7S/c1-15(33)29-16-2-5-19(6-3-16)40(36,37)32-9-8-30(10-11-38-32)21-7-4-17(12-20(21)25)31-14-18(39-24(31)35)13-28-23(34)22(26)27/h2-7,12,18,22H,8-11,13-14H2,1H3,(H,28,34)(H,29,33)/t18-/m0/s1. The van der Waals surface area contributed by atoms with Crippen LogP contribution in [-0.4, -0.2) is 82.7 Å². The number of sulfonamides is 1. The van der Waals surface area contributed by atoms with Crippen molar-refractivity contribution in [3.05, 3.63) is 48.3 Å². The molecule has 12 nitrogen and oxygen atoms in total. The molecule has 2 fully saturated rings. The minimum atomic E-state index is -4.04. The van der Waals surface area contributed by atoms with E-state index in [9.17, 15) is 31.6 Å². The Bertz CT molecular complexity index is 1380. The molecule has 2 aliphatic heterocycles. The Balaban J connectivity index is 1.39. The molecule has 0 unspecified atom stereocenters. The predicted octanol–water partition coefficient (Wildman–Crippen LogP) is 1.93. The van der Waals surface area contributed by atoms with Gasteiger partial charge in [-0.3, -0.25) is 19.3 Å². The molecule has 0 bridgehead atoms. The van der Waals surface area contributed by atoms with E-state index < -0.39 is 40.4 Å². The maximum absolute atomic E-state index is 15.1. The van der Waals surface area contributed by atoms with Crippen molar-refractivity contribution >= 4 is 45.0 Å². The van der Waals surface area contributed by atoms with Crippen molar-refractivity contribution < 1.29 is 45.5 Å².